The molecule has 1 nitrogen and oxygen atoms in total. The lowest BCUT2D eigenvalue weighted by Crippen LogP contribution is -1.95. The topological polar surface area (TPSA) is 12.9 Å². The van der Waals surface area contributed by atoms with Crippen molar-refractivity contribution in [3.63, 3.8) is 0 Å². The molecule has 0 atom stereocenters. The second kappa shape index (κ2) is 9.02. The Bertz CT molecular complexity index is 745. The van der Waals surface area contributed by atoms with Crippen molar-refractivity contribution in [2.45, 2.75) is 34.1 Å². The van der Waals surface area contributed by atoms with Gasteiger partial charge in [0.2, 0.25) is 0 Å². The maximum atomic E-state index is 4.55. The van der Waals surface area contributed by atoms with E-state index in [1.165, 1.54) is 22.3 Å². The Hall–Kier alpha value is -2.41. The van der Waals surface area contributed by atoms with Crippen LogP contribution in [0.4, 0.5) is 0 Å². The van der Waals surface area contributed by atoms with E-state index < -0.39 is 0 Å². The van der Waals surface area contributed by atoms with Gasteiger partial charge in [0.1, 0.15) is 0 Å². The van der Waals surface area contributed by atoms with E-state index in [9.17, 15) is 0 Å². The molecule has 0 radical (unpaired) electrons. The Kier molecular flexibility index (Phi) is 6.74. The van der Waals surface area contributed by atoms with E-state index in [2.05, 4.69) is 79.5 Å². The SMILES string of the molecule is CC.CC(C)Cc1ccnc(-c2cccc(-c3ccccc3)c2)c1. The average molecular weight is 317 g/mol. The van der Waals surface area contributed by atoms with Crippen molar-refractivity contribution in [3.8, 4) is 22.4 Å². The van der Waals surface area contributed by atoms with Crippen LogP contribution >= 0.6 is 0 Å². The summed E-state index contributed by atoms with van der Waals surface area (Å²) in [4.78, 5) is 4.55. The highest BCUT2D eigenvalue weighted by Gasteiger charge is 2.05. The molecule has 2 aromatic carbocycles. The standard InChI is InChI=1S/C21H21N.C2H6/c1-16(2)13-17-11-12-22-21(14-17)20-10-6-9-19(15-20)18-7-4-3-5-8-18;1-2/h3-12,14-16H,13H2,1-2H3;1-2H3. The fourth-order valence-electron chi connectivity index (χ4n) is 2.72. The summed E-state index contributed by atoms with van der Waals surface area (Å²) in [5.74, 6) is 0.658. The van der Waals surface area contributed by atoms with Crippen LogP contribution in [0.5, 0.6) is 0 Å². The summed E-state index contributed by atoms with van der Waals surface area (Å²) in [6.07, 6.45) is 3.01. The molecule has 1 heterocycles. The van der Waals surface area contributed by atoms with Crippen molar-refractivity contribution in [2.24, 2.45) is 5.92 Å². The van der Waals surface area contributed by atoms with Crippen LogP contribution in [0.25, 0.3) is 22.4 Å². The van der Waals surface area contributed by atoms with Gasteiger partial charge in [-0.1, -0.05) is 76.2 Å². The van der Waals surface area contributed by atoms with Crippen LogP contribution in [0.3, 0.4) is 0 Å². The van der Waals surface area contributed by atoms with Crippen LogP contribution in [0, 0.1) is 5.92 Å². The van der Waals surface area contributed by atoms with Crippen LogP contribution < -0.4 is 0 Å². The van der Waals surface area contributed by atoms with E-state index in [1.807, 2.05) is 26.1 Å². The normalized spacial score (nSPS) is 10.2. The van der Waals surface area contributed by atoms with Gasteiger partial charge >= 0.3 is 0 Å². The molecule has 0 aliphatic rings. The van der Waals surface area contributed by atoms with Gasteiger partial charge in [0.05, 0.1) is 5.69 Å². The Morgan fingerprint density at radius 2 is 1.42 bits per heavy atom. The number of hydrogen-bond acceptors (Lipinski definition) is 1. The molecule has 24 heavy (non-hydrogen) atoms. The number of nitrogens with zero attached hydrogens (tertiary/aromatic N) is 1. The summed E-state index contributed by atoms with van der Waals surface area (Å²) >= 11 is 0. The molecule has 3 aromatic rings. The van der Waals surface area contributed by atoms with E-state index in [0.29, 0.717) is 5.92 Å². The zero-order valence-electron chi connectivity index (χ0n) is 15.2. The van der Waals surface area contributed by atoms with Crippen molar-refractivity contribution in [2.75, 3.05) is 0 Å². The van der Waals surface area contributed by atoms with Crippen LogP contribution in [-0.4, -0.2) is 4.98 Å². The number of hydrogen-bond donors (Lipinski definition) is 0. The monoisotopic (exact) mass is 317 g/mol. The van der Waals surface area contributed by atoms with Gasteiger partial charge in [0.25, 0.3) is 0 Å². The Morgan fingerprint density at radius 3 is 2.12 bits per heavy atom. The average Bonchev–Trinajstić information content (AvgIpc) is 2.64. The molecule has 0 saturated heterocycles. The summed E-state index contributed by atoms with van der Waals surface area (Å²) in [6.45, 7) is 8.49. The highest BCUT2D eigenvalue weighted by atomic mass is 14.7. The molecule has 1 aromatic heterocycles. The van der Waals surface area contributed by atoms with Crippen LogP contribution in [0.1, 0.15) is 33.3 Å². The lowest BCUT2D eigenvalue weighted by atomic mass is 9.99. The first-order valence-electron chi connectivity index (χ1n) is 8.83. The van der Waals surface area contributed by atoms with E-state index in [4.69, 9.17) is 0 Å². The molecular weight excluding hydrogens is 290 g/mol. The van der Waals surface area contributed by atoms with E-state index in [-0.39, 0.29) is 0 Å². The summed E-state index contributed by atoms with van der Waals surface area (Å²) in [5, 5.41) is 0. The van der Waals surface area contributed by atoms with Crippen molar-refractivity contribution in [1.29, 1.82) is 0 Å². The van der Waals surface area contributed by atoms with Crippen LogP contribution in [-0.2, 0) is 6.42 Å². The maximum absolute atomic E-state index is 4.55. The molecule has 0 aliphatic heterocycles. The lowest BCUT2D eigenvalue weighted by molar-refractivity contribution is 0.647. The number of pyridine rings is 1. The molecular formula is C23H27N. The third-order valence-corrected chi connectivity index (χ3v) is 3.73. The molecule has 0 amide bonds. The van der Waals surface area contributed by atoms with Gasteiger partial charge in [-0.05, 0) is 47.2 Å². The summed E-state index contributed by atoms with van der Waals surface area (Å²) in [7, 11) is 0. The van der Waals surface area contributed by atoms with Gasteiger partial charge in [-0.25, -0.2) is 0 Å². The van der Waals surface area contributed by atoms with Gasteiger partial charge in [0, 0.05) is 11.8 Å². The third kappa shape index (κ3) is 4.79. The first-order chi connectivity index (χ1) is 11.7. The van der Waals surface area contributed by atoms with Gasteiger partial charge < -0.3 is 0 Å². The molecule has 3 rings (SSSR count). The van der Waals surface area contributed by atoms with E-state index >= 15 is 0 Å². The molecule has 0 bridgehead atoms. The summed E-state index contributed by atoms with van der Waals surface area (Å²) in [6, 6.07) is 23.4. The predicted octanol–water partition coefficient (Wildman–Crippen LogP) is 6.64. The molecule has 1 heteroatoms. The quantitative estimate of drug-likeness (QED) is 0.525. The van der Waals surface area contributed by atoms with Gasteiger partial charge in [-0.2, -0.15) is 0 Å². The largest absolute Gasteiger partial charge is 0.256 e. The van der Waals surface area contributed by atoms with Gasteiger partial charge in [0.15, 0.2) is 0 Å². The molecule has 0 unspecified atom stereocenters. The summed E-state index contributed by atoms with van der Waals surface area (Å²) < 4.78 is 0. The number of rotatable bonds is 4. The van der Waals surface area contributed by atoms with Crippen LogP contribution in [0.15, 0.2) is 72.9 Å². The molecule has 0 aliphatic carbocycles. The first kappa shape index (κ1) is 17.9. The smallest absolute Gasteiger partial charge is 0.0704 e. The van der Waals surface area contributed by atoms with Crippen molar-refractivity contribution in [3.05, 3.63) is 78.5 Å². The highest BCUT2D eigenvalue weighted by molar-refractivity contribution is 5.71. The van der Waals surface area contributed by atoms with Gasteiger partial charge in [-0.15, -0.1) is 0 Å². The molecule has 0 N–H and O–H groups in total. The lowest BCUT2D eigenvalue weighted by Gasteiger charge is -2.08. The van der Waals surface area contributed by atoms with Crippen molar-refractivity contribution >= 4 is 0 Å². The van der Waals surface area contributed by atoms with Gasteiger partial charge in [-0.3, -0.25) is 4.98 Å². The Labute approximate surface area is 146 Å². The zero-order chi connectivity index (χ0) is 17.4. The Balaban J connectivity index is 0.00000100. The molecule has 124 valence electrons. The fourth-order valence-corrected chi connectivity index (χ4v) is 2.72. The number of aromatic nitrogens is 1. The second-order valence-corrected chi connectivity index (χ2v) is 6.09. The minimum absolute atomic E-state index is 0.658. The van der Waals surface area contributed by atoms with E-state index in [0.717, 1.165) is 12.1 Å². The van der Waals surface area contributed by atoms with E-state index in [1.54, 1.807) is 0 Å². The maximum Gasteiger partial charge on any atom is 0.0704 e. The zero-order valence-corrected chi connectivity index (χ0v) is 15.2. The molecule has 0 saturated carbocycles. The van der Waals surface area contributed by atoms with Crippen LogP contribution in [0.2, 0.25) is 0 Å². The minimum Gasteiger partial charge on any atom is -0.256 e. The van der Waals surface area contributed by atoms with Crippen molar-refractivity contribution in [1.82, 2.24) is 4.98 Å². The highest BCUT2D eigenvalue weighted by Crippen LogP contribution is 2.25. The Morgan fingerprint density at radius 1 is 0.750 bits per heavy atom. The minimum atomic E-state index is 0.658. The summed E-state index contributed by atoms with van der Waals surface area (Å²) in [5.41, 5.74) is 6.05. The number of benzene rings is 2. The fraction of sp³-hybridized carbons (Fsp3) is 0.261. The predicted molar refractivity (Wildman–Crippen MR) is 105 cm³/mol. The first-order valence-corrected chi connectivity index (χ1v) is 8.83. The third-order valence-electron chi connectivity index (χ3n) is 3.73. The molecule has 0 spiro atoms. The van der Waals surface area contributed by atoms with Crippen molar-refractivity contribution < 1.29 is 0 Å². The second-order valence-electron chi connectivity index (χ2n) is 6.09. The molecule has 0 fully saturated rings.